The Bertz CT molecular complexity index is 870. The van der Waals surface area contributed by atoms with Gasteiger partial charge >= 0.3 is 0 Å². The Balaban J connectivity index is 1.56. The van der Waals surface area contributed by atoms with E-state index in [1.54, 1.807) is 0 Å². The van der Waals surface area contributed by atoms with E-state index in [0.29, 0.717) is 11.8 Å². The first-order chi connectivity index (χ1) is 12.7. The first-order valence-corrected chi connectivity index (χ1v) is 9.95. The van der Waals surface area contributed by atoms with Crippen molar-refractivity contribution >= 4 is 16.6 Å². The molecule has 26 heavy (non-hydrogen) atoms. The average Bonchev–Trinajstić information content (AvgIpc) is 3.22. The lowest BCUT2D eigenvalue weighted by atomic mass is 9.88. The van der Waals surface area contributed by atoms with E-state index in [1.165, 1.54) is 32.2 Å². The minimum Gasteiger partial charge on any atom is -0.300 e. The van der Waals surface area contributed by atoms with Crippen LogP contribution < -0.4 is 0 Å². The van der Waals surface area contributed by atoms with Crippen molar-refractivity contribution in [2.75, 3.05) is 13.1 Å². The Kier molecular flexibility index (Phi) is 4.83. The van der Waals surface area contributed by atoms with Crippen LogP contribution in [0.2, 0.25) is 0 Å². The van der Waals surface area contributed by atoms with E-state index >= 15 is 0 Å². The maximum Gasteiger partial charge on any atom is 0.167 e. The van der Waals surface area contributed by atoms with E-state index in [-0.39, 0.29) is 5.92 Å². The van der Waals surface area contributed by atoms with Gasteiger partial charge in [-0.2, -0.15) is 0 Å². The lowest BCUT2D eigenvalue weighted by Crippen LogP contribution is -2.43. The monoisotopic (exact) mass is 345 g/mol. The van der Waals surface area contributed by atoms with Crippen molar-refractivity contribution in [3.63, 3.8) is 0 Å². The molecule has 1 heterocycles. The summed E-state index contributed by atoms with van der Waals surface area (Å²) in [5.74, 6) is 3.19. The third-order valence-corrected chi connectivity index (χ3v) is 6.39. The summed E-state index contributed by atoms with van der Waals surface area (Å²) in [6.45, 7) is 4.16. The second-order valence-electron chi connectivity index (χ2n) is 7.95. The number of benzene rings is 2. The predicted octanol–water partition coefficient (Wildman–Crippen LogP) is 4.97. The number of carbonyl (C=O) groups excluding carboxylic acids is 1. The van der Waals surface area contributed by atoms with Crippen molar-refractivity contribution in [3.05, 3.63) is 47.0 Å². The fourth-order valence-corrected chi connectivity index (χ4v) is 4.85. The van der Waals surface area contributed by atoms with Gasteiger partial charge in [-0.1, -0.05) is 37.0 Å². The second-order valence-corrected chi connectivity index (χ2v) is 7.95. The van der Waals surface area contributed by atoms with Crippen molar-refractivity contribution in [1.82, 2.24) is 4.90 Å². The molecule has 1 unspecified atom stereocenters. The standard InChI is InChI=1S/C24H27NO/c1-3-18-10-11-19-15-20(12-13-23(19)17(18)2)24(26)21-7-6-14-25(16-21)22-8-4-5-9-22/h1,10-13,15,21-22H,4-9,14,16H2,2H3. The molecule has 2 aliphatic rings. The SMILES string of the molecule is C#Cc1ccc2cc(C(=O)C3CCCN(C4CCCC4)C3)ccc2c1C. The predicted molar refractivity (Wildman–Crippen MR) is 108 cm³/mol. The summed E-state index contributed by atoms with van der Waals surface area (Å²) in [6, 6.07) is 10.9. The molecule has 1 aliphatic carbocycles. The quantitative estimate of drug-likeness (QED) is 0.578. The van der Waals surface area contributed by atoms with Crippen LogP contribution in [0.25, 0.3) is 10.8 Å². The molecule has 0 amide bonds. The Hall–Kier alpha value is -2.11. The smallest absolute Gasteiger partial charge is 0.167 e. The molecule has 0 aromatic heterocycles. The molecule has 2 heteroatoms. The lowest BCUT2D eigenvalue weighted by Gasteiger charge is -2.36. The molecule has 0 N–H and O–H groups in total. The number of likely N-dealkylation sites (tertiary alicyclic amines) is 1. The molecule has 1 atom stereocenters. The van der Waals surface area contributed by atoms with Gasteiger partial charge in [0.25, 0.3) is 0 Å². The van der Waals surface area contributed by atoms with Gasteiger partial charge in [-0.15, -0.1) is 6.42 Å². The molecule has 0 bridgehead atoms. The Morgan fingerprint density at radius 1 is 1.12 bits per heavy atom. The average molecular weight is 345 g/mol. The molecule has 4 rings (SSSR count). The van der Waals surface area contributed by atoms with E-state index in [1.807, 2.05) is 18.2 Å². The minimum atomic E-state index is 0.146. The molecule has 0 radical (unpaired) electrons. The van der Waals surface area contributed by atoms with Crippen LogP contribution in [-0.4, -0.2) is 29.8 Å². The number of terminal acetylenes is 1. The molecule has 0 spiro atoms. The van der Waals surface area contributed by atoms with Crippen LogP contribution in [-0.2, 0) is 0 Å². The van der Waals surface area contributed by atoms with Gasteiger partial charge < -0.3 is 0 Å². The van der Waals surface area contributed by atoms with Gasteiger partial charge in [0.05, 0.1) is 0 Å². The zero-order chi connectivity index (χ0) is 18.1. The summed E-state index contributed by atoms with van der Waals surface area (Å²) in [7, 11) is 0. The van der Waals surface area contributed by atoms with Crippen LogP contribution >= 0.6 is 0 Å². The number of hydrogen-bond acceptors (Lipinski definition) is 2. The molecule has 2 aromatic rings. The Morgan fingerprint density at radius 2 is 1.92 bits per heavy atom. The van der Waals surface area contributed by atoms with Gasteiger partial charge in [0.2, 0.25) is 0 Å². The highest BCUT2D eigenvalue weighted by molar-refractivity contribution is 6.02. The molecule has 134 valence electrons. The van der Waals surface area contributed by atoms with E-state index in [0.717, 1.165) is 46.8 Å². The number of piperidine rings is 1. The second kappa shape index (κ2) is 7.25. The molecule has 2 fully saturated rings. The minimum absolute atomic E-state index is 0.146. The number of hydrogen-bond donors (Lipinski definition) is 0. The zero-order valence-electron chi connectivity index (χ0n) is 15.6. The van der Waals surface area contributed by atoms with Gasteiger partial charge in [0.1, 0.15) is 0 Å². The molecule has 2 aromatic carbocycles. The largest absolute Gasteiger partial charge is 0.300 e. The molecule has 2 nitrogen and oxygen atoms in total. The van der Waals surface area contributed by atoms with E-state index in [4.69, 9.17) is 6.42 Å². The third-order valence-electron chi connectivity index (χ3n) is 6.39. The fourth-order valence-electron chi connectivity index (χ4n) is 4.85. The first kappa shape index (κ1) is 17.3. The Labute approximate surface area is 156 Å². The number of rotatable bonds is 3. The van der Waals surface area contributed by atoms with E-state index < -0.39 is 0 Å². The van der Waals surface area contributed by atoms with Crippen LogP contribution in [0.3, 0.4) is 0 Å². The van der Waals surface area contributed by atoms with Gasteiger partial charge in [-0.05, 0) is 67.6 Å². The van der Waals surface area contributed by atoms with Crippen LogP contribution in [0.5, 0.6) is 0 Å². The van der Waals surface area contributed by atoms with Gasteiger partial charge in [0.15, 0.2) is 5.78 Å². The number of ketones is 1. The van der Waals surface area contributed by atoms with Crippen LogP contribution in [0.4, 0.5) is 0 Å². The summed E-state index contributed by atoms with van der Waals surface area (Å²) < 4.78 is 0. The lowest BCUT2D eigenvalue weighted by molar-refractivity contribution is 0.0757. The number of nitrogens with zero attached hydrogens (tertiary/aromatic N) is 1. The summed E-state index contributed by atoms with van der Waals surface area (Å²) >= 11 is 0. The number of fused-ring (bicyclic) bond motifs is 1. The maximum absolute atomic E-state index is 13.2. The van der Waals surface area contributed by atoms with Gasteiger partial charge in [-0.25, -0.2) is 0 Å². The van der Waals surface area contributed by atoms with E-state index in [2.05, 4.69) is 29.9 Å². The maximum atomic E-state index is 13.2. The fraction of sp³-hybridized carbons (Fsp3) is 0.458. The van der Waals surface area contributed by atoms with Crippen LogP contribution in [0.15, 0.2) is 30.3 Å². The highest BCUT2D eigenvalue weighted by Gasteiger charge is 2.31. The summed E-state index contributed by atoms with van der Waals surface area (Å²) in [6.07, 6.45) is 13.1. The van der Waals surface area contributed by atoms with Gasteiger partial charge in [-0.3, -0.25) is 9.69 Å². The number of aryl methyl sites for hydroxylation is 1. The van der Waals surface area contributed by atoms with Crippen molar-refractivity contribution in [2.24, 2.45) is 5.92 Å². The molecule has 1 saturated carbocycles. The third kappa shape index (κ3) is 3.17. The van der Waals surface area contributed by atoms with E-state index in [9.17, 15) is 4.79 Å². The van der Waals surface area contributed by atoms with Crippen molar-refractivity contribution in [2.45, 2.75) is 51.5 Å². The van der Waals surface area contributed by atoms with Crippen LogP contribution in [0.1, 0.15) is 60.0 Å². The molecule has 1 saturated heterocycles. The summed E-state index contributed by atoms with van der Waals surface area (Å²) in [5.41, 5.74) is 2.90. The number of Topliss-reactive ketones (excluding diaryl/α,β-unsaturated/α-hetero) is 1. The molecule has 1 aliphatic heterocycles. The van der Waals surface area contributed by atoms with Crippen molar-refractivity contribution < 1.29 is 4.79 Å². The summed E-state index contributed by atoms with van der Waals surface area (Å²) in [5, 5.41) is 2.25. The topological polar surface area (TPSA) is 20.3 Å². The van der Waals surface area contributed by atoms with Crippen molar-refractivity contribution in [1.29, 1.82) is 0 Å². The highest BCUT2D eigenvalue weighted by Crippen LogP contribution is 2.30. The normalized spacial score (nSPS) is 21.8. The zero-order valence-corrected chi connectivity index (χ0v) is 15.6. The molecular formula is C24H27NO. The van der Waals surface area contributed by atoms with Gasteiger partial charge in [0, 0.05) is 29.6 Å². The first-order valence-electron chi connectivity index (χ1n) is 9.95. The van der Waals surface area contributed by atoms with Crippen LogP contribution in [0, 0.1) is 25.2 Å². The van der Waals surface area contributed by atoms with Crippen molar-refractivity contribution in [3.8, 4) is 12.3 Å². The number of carbonyl (C=O) groups is 1. The molecular weight excluding hydrogens is 318 g/mol. The highest BCUT2D eigenvalue weighted by atomic mass is 16.1. The Morgan fingerprint density at radius 3 is 2.69 bits per heavy atom. The summed E-state index contributed by atoms with van der Waals surface area (Å²) in [4.78, 5) is 15.7.